The summed E-state index contributed by atoms with van der Waals surface area (Å²) in [5, 5.41) is 6.62. The summed E-state index contributed by atoms with van der Waals surface area (Å²) in [5.41, 5.74) is 2.00. The van der Waals surface area contributed by atoms with Gasteiger partial charge in [0.25, 0.3) is 11.1 Å². The quantitative estimate of drug-likeness (QED) is 0.467. The van der Waals surface area contributed by atoms with E-state index in [2.05, 4.69) is 16.8 Å². The number of carbonyl (C=O) groups excluding carboxylic acids is 1. The number of H-pyrrole nitrogens is 2. The smallest absolute Gasteiger partial charge is 0.338 e. The number of aromatic nitrogens is 4. The Morgan fingerprint density at radius 1 is 0.969 bits per heavy atom. The lowest BCUT2D eigenvalue weighted by Crippen LogP contribution is -2.34. The van der Waals surface area contributed by atoms with Crippen LogP contribution in [0.5, 0.6) is 0 Å². The number of hydrogen-bond acceptors (Lipinski definition) is 4. The average molecular weight is 430 g/mol. The minimum absolute atomic E-state index is 0.265. The van der Waals surface area contributed by atoms with Gasteiger partial charge in [-0.25, -0.2) is 14.2 Å². The van der Waals surface area contributed by atoms with Crippen LogP contribution in [-0.4, -0.2) is 32.1 Å². The van der Waals surface area contributed by atoms with Crippen LogP contribution in [0.15, 0.2) is 64.2 Å². The second kappa shape index (κ2) is 8.43. The molecule has 4 rings (SSSR count). The highest BCUT2D eigenvalue weighted by molar-refractivity contribution is 5.89. The third-order valence-electron chi connectivity index (χ3n) is 5.06. The summed E-state index contributed by atoms with van der Waals surface area (Å²) in [4.78, 5) is 37.9. The Morgan fingerprint density at radius 2 is 1.59 bits per heavy atom. The predicted molar refractivity (Wildman–Crippen MR) is 122 cm³/mol. The van der Waals surface area contributed by atoms with Gasteiger partial charge in [-0.2, -0.15) is 0 Å². The van der Waals surface area contributed by atoms with Crippen LogP contribution in [0, 0.1) is 6.92 Å². The fourth-order valence-corrected chi connectivity index (χ4v) is 3.42. The lowest BCUT2D eigenvalue weighted by atomic mass is 10.2. The number of rotatable bonds is 5. The molecule has 2 N–H and O–H groups in total. The molecule has 0 unspecified atom stereocenters. The van der Waals surface area contributed by atoms with Crippen LogP contribution in [0.1, 0.15) is 28.5 Å². The zero-order valence-electron chi connectivity index (χ0n) is 17.7. The molecule has 4 aromatic rings. The molecule has 0 atom stereocenters. The average Bonchev–Trinajstić information content (AvgIpc) is 3.25. The highest BCUT2D eigenvalue weighted by Gasteiger charge is 2.13. The highest BCUT2D eigenvalue weighted by atomic mass is 16.5. The van der Waals surface area contributed by atoms with Crippen molar-refractivity contribution in [2.75, 3.05) is 6.61 Å². The Morgan fingerprint density at radius 3 is 2.25 bits per heavy atom. The van der Waals surface area contributed by atoms with Crippen molar-refractivity contribution in [1.82, 2.24) is 19.6 Å². The number of hydrogen-bond donors (Lipinski definition) is 2. The SMILES string of the molecule is C=c1[nH]n(-c2ccc(C(=O)OCC)cc2)c(=O)/c1=C/c1c(C)[nH]n(-c2ccccc2)c1=O. The van der Waals surface area contributed by atoms with Crippen molar-refractivity contribution in [3.8, 4) is 11.4 Å². The number of carbonyl (C=O) groups is 1. The molecule has 0 aliphatic heterocycles. The Hall–Kier alpha value is -4.33. The van der Waals surface area contributed by atoms with Gasteiger partial charge >= 0.3 is 5.97 Å². The molecule has 0 spiro atoms. The summed E-state index contributed by atoms with van der Waals surface area (Å²) in [6, 6.07) is 15.6. The highest BCUT2D eigenvalue weighted by Crippen LogP contribution is 2.09. The number of aryl methyl sites for hydroxylation is 1. The van der Waals surface area contributed by atoms with Crippen molar-refractivity contribution in [3.05, 3.63) is 103 Å². The Bertz CT molecular complexity index is 1500. The Balaban J connectivity index is 1.77. The van der Waals surface area contributed by atoms with E-state index in [4.69, 9.17) is 4.74 Å². The summed E-state index contributed by atoms with van der Waals surface area (Å²) in [5.74, 6) is -0.428. The van der Waals surface area contributed by atoms with E-state index in [1.165, 1.54) is 15.4 Å². The first-order chi connectivity index (χ1) is 15.4. The molecule has 0 radical (unpaired) electrons. The Labute approximate surface area is 182 Å². The fourth-order valence-electron chi connectivity index (χ4n) is 3.42. The summed E-state index contributed by atoms with van der Waals surface area (Å²) >= 11 is 0. The molecule has 0 aliphatic carbocycles. The van der Waals surface area contributed by atoms with Crippen LogP contribution in [0.25, 0.3) is 24.0 Å². The van der Waals surface area contributed by atoms with Crippen molar-refractivity contribution in [2.24, 2.45) is 0 Å². The largest absolute Gasteiger partial charge is 0.462 e. The topological polar surface area (TPSA) is 102 Å². The van der Waals surface area contributed by atoms with E-state index in [9.17, 15) is 14.4 Å². The van der Waals surface area contributed by atoms with Crippen LogP contribution in [0.3, 0.4) is 0 Å². The summed E-state index contributed by atoms with van der Waals surface area (Å²) in [6.07, 6.45) is 1.54. The maximum absolute atomic E-state index is 13.1. The molecule has 2 heterocycles. The molecule has 0 bridgehead atoms. The van der Waals surface area contributed by atoms with Gasteiger partial charge in [-0.1, -0.05) is 24.8 Å². The van der Waals surface area contributed by atoms with Gasteiger partial charge < -0.3 is 4.74 Å². The lowest BCUT2D eigenvalue weighted by Gasteiger charge is -2.04. The number of nitrogens with zero attached hydrogens (tertiary/aromatic N) is 2. The molecular weight excluding hydrogens is 408 g/mol. The maximum atomic E-state index is 13.1. The summed E-state index contributed by atoms with van der Waals surface area (Å²) in [6.45, 7) is 7.71. The number of ether oxygens (including phenoxy) is 1. The van der Waals surface area contributed by atoms with E-state index in [0.29, 0.717) is 33.5 Å². The first-order valence-electron chi connectivity index (χ1n) is 10.1. The molecule has 8 nitrogen and oxygen atoms in total. The molecular formula is C24H22N4O4. The first kappa shape index (κ1) is 20.9. The number of esters is 1. The van der Waals surface area contributed by atoms with Gasteiger partial charge in [0.2, 0.25) is 0 Å². The number of para-hydroxylation sites is 1. The molecule has 0 amide bonds. The standard InChI is InChI=1S/C24H22N4O4/c1-4-32-24(31)17-10-12-19(13-11-17)28-23(30)21(16(3)26-28)14-20-15(2)25-27(22(20)29)18-8-6-5-7-9-18/h5-14,25-26H,3-4H2,1-2H3/b21-14+. The van der Waals surface area contributed by atoms with Crippen molar-refractivity contribution in [3.63, 3.8) is 0 Å². The normalized spacial score (nSPS) is 11.6. The zero-order chi connectivity index (χ0) is 22.8. The van der Waals surface area contributed by atoms with E-state index in [1.54, 1.807) is 38.1 Å². The van der Waals surface area contributed by atoms with Crippen LogP contribution in [0.2, 0.25) is 0 Å². The van der Waals surface area contributed by atoms with Crippen LogP contribution in [0.4, 0.5) is 0 Å². The van der Waals surface area contributed by atoms with E-state index in [0.717, 1.165) is 0 Å². The van der Waals surface area contributed by atoms with Gasteiger partial charge in [-0.05, 0) is 56.3 Å². The van der Waals surface area contributed by atoms with Gasteiger partial charge in [0.1, 0.15) is 0 Å². The molecule has 2 aromatic heterocycles. The lowest BCUT2D eigenvalue weighted by molar-refractivity contribution is 0.0526. The molecule has 32 heavy (non-hydrogen) atoms. The molecule has 0 saturated heterocycles. The van der Waals surface area contributed by atoms with Gasteiger partial charge in [-0.15, -0.1) is 0 Å². The molecule has 162 valence electrons. The first-order valence-corrected chi connectivity index (χ1v) is 10.1. The van der Waals surface area contributed by atoms with Crippen molar-refractivity contribution < 1.29 is 9.53 Å². The van der Waals surface area contributed by atoms with Gasteiger partial charge in [-0.3, -0.25) is 19.8 Å². The fraction of sp³-hybridized carbons (Fsp3) is 0.125. The van der Waals surface area contributed by atoms with Crippen LogP contribution < -0.4 is 21.7 Å². The number of aromatic amines is 2. The minimum atomic E-state index is -0.428. The van der Waals surface area contributed by atoms with Crippen LogP contribution in [-0.2, 0) is 4.74 Å². The number of benzene rings is 2. The Kier molecular flexibility index (Phi) is 5.51. The molecule has 2 aromatic carbocycles. The second-order valence-corrected chi connectivity index (χ2v) is 7.18. The molecule has 8 heteroatoms. The molecule has 0 saturated carbocycles. The summed E-state index contributed by atoms with van der Waals surface area (Å²) in [7, 11) is 0. The van der Waals surface area contributed by atoms with E-state index >= 15 is 0 Å². The maximum Gasteiger partial charge on any atom is 0.338 e. The van der Waals surface area contributed by atoms with Gasteiger partial charge in [0.15, 0.2) is 0 Å². The zero-order valence-corrected chi connectivity index (χ0v) is 17.7. The van der Waals surface area contributed by atoms with Crippen molar-refractivity contribution in [2.45, 2.75) is 13.8 Å². The summed E-state index contributed by atoms with van der Waals surface area (Å²) < 4.78 is 7.73. The monoisotopic (exact) mass is 430 g/mol. The number of nitrogens with one attached hydrogen (secondary N) is 2. The molecule has 0 aliphatic rings. The second-order valence-electron chi connectivity index (χ2n) is 7.18. The van der Waals surface area contributed by atoms with Crippen molar-refractivity contribution >= 4 is 18.6 Å². The minimum Gasteiger partial charge on any atom is -0.462 e. The van der Waals surface area contributed by atoms with Gasteiger partial charge in [0.05, 0.1) is 39.7 Å². The van der Waals surface area contributed by atoms with E-state index in [-0.39, 0.29) is 22.9 Å². The van der Waals surface area contributed by atoms with Crippen LogP contribution >= 0.6 is 0 Å². The molecule has 0 fully saturated rings. The predicted octanol–water partition coefficient (Wildman–Crippen LogP) is 1.37. The van der Waals surface area contributed by atoms with E-state index in [1.807, 2.05) is 30.3 Å². The third-order valence-corrected chi connectivity index (χ3v) is 5.06. The van der Waals surface area contributed by atoms with Crippen molar-refractivity contribution in [1.29, 1.82) is 0 Å². The van der Waals surface area contributed by atoms with Gasteiger partial charge in [0, 0.05) is 5.69 Å². The van der Waals surface area contributed by atoms with E-state index < -0.39 is 5.97 Å². The third kappa shape index (κ3) is 3.74.